The molecule has 0 atom stereocenters. The zero-order valence-corrected chi connectivity index (χ0v) is 13.2. The van der Waals surface area contributed by atoms with Gasteiger partial charge >= 0.3 is 0 Å². The topological polar surface area (TPSA) is 27.1 Å². The van der Waals surface area contributed by atoms with E-state index >= 15 is 0 Å². The van der Waals surface area contributed by atoms with Gasteiger partial charge in [-0.15, -0.1) is 11.6 Å². The summed E-state index contributed by atoms with van der Waals surface area (Å²) in [5, 5.41) is 0. The summed E-state index contributed by atoms with van der Waals surface area (Å²) >= 11 is 5.89. The highest BCUT2D eigenvalue weighted by molar-refractivity contribution is 6.17. The van der Waals surface area contributed by atoms with Gasteiger partial charge in [0.2, 0.25) is 0 Å². The van der Waals surface area contributed by atoms with Gasteiger partial charge in [0.1, 0.15) is 5.82 Å². The molecule has 0 radical (unpaired) electrons. The molecule has 0 aliphatic heterocycles. The van der Waals surface area contributed by atoms with Crippen LogP contribution in [0, 0.1) is 11.2 Å². The molecule has 1 aliphatic rings. The Balaban J connectivity index is 2.10. The highest BCUT2D eigenvalue weighted by Crippen LogP contribution is 2.42. The number of halogens is 2. The molecule has 0 amide bonds. The van der Waals surface area contributed by atoms with Gasteiger partial charge < -0.3 is 9.30 Å². The van der Waals surface area contributed by atoms with Crippen molar-refractivity contribution in [2.45, 2.75) is 39.2 Å². The number of methoxy groups -OCH3 is 1. The van der Waals surface area contributed by atoms with Crippen molar-refractivity contribution in [2.75, 3.05) is 13.0 Å². The number of ether oxygens (including phenoxy) is 1. The van der Waals surface area contributed by atoms with Crippen molar-refractivity contribution in [3.8, 4) is 5.75 Å². The van der Waals surface area contributed by atoms with Gasteiger partial charge in [0.25, 0.3) is 0 Å². The lowest BCUT2D eigenvalue weighted by molar-refractivity contribution is 0.132. The van der Waals surface area contributed by atoms with Crippen LogP contribution in [0.15, 0.2) is 12.1 Å². The fraction of sp³-hybridized carbons (Fsp3) is 0.562. The van der Waals surface area contributed by atoms with Gasteiger partial charge in [-0.1, -0.05) is 13.3 Å². The Kier molecular flexibility index (Phi) is 3.82. The van der Waals surface area contributed by atoms with Crippen molar-refractivity contribution in [2.24, 2.45) is 5.41 Å². The molecule has 114 valence electrons. The molecule has 1 saturated carbocycles. The van der Waals surface area contributed by atoms with Crippen LogP contribution in [0.4, 0.5) is 4.39 Å². The number of aryl methyl sites for hydroxylation is 1. The van der Waals surface area contributed by atoms with Gasteiger partial charge in [-0.2, -0.15) is 0 Å². The minimum atomic E-state index is -0.373. The van der Waals surface area contributed by atoms with Crippen LogP contribution in [0.2, 0.25) is 0 Å². The fourth-order valence-electron chi connectivity index (χ4n) is 3.10. The lowest BCUT2D eigenvalue weighted by Gasteiger charge is -2.39. The molecule has 0 spiro atoms. The first-order valence-corrected chi connectivity index (χ1v) is 7.88. The number of hydrogen-bond acceptors (Lipinski definition) is 2. The lowest BCUT2D eigenvalue weighted by atomic mass is 9.70. The van der Waals surface area contributed by atoms with Gasteiger partial charge in [0, 0.05) is 31.0 Å². The second kappa shape index (κ2) is 5.48. The molecule has 0 saturated heterocycles. The van der Waals surface area contributed by atoms with Gasteiger partial charge in [-0.05, 0) is 18.3 Å². The van der Waals surface area contributed by atoms with Crippen LogP contribution in [0.5, 0.6) is 5.75 Å². The molecule has 1 fully saturated rings. The standard InChI is InChI=1S/C16H20ClFN2O/c1-16(5-3-6-16)10-20-13-9-14(21-2)11(18)8-12(13)19-15(20)4-7-17/h8-9H,3-7,10H2,1-2H3. The number of fused-ring (bicyclic) bond motifs is 1. The highest BCUT2D eigenvalue weighted by Gasteiger charge is 2.33. The number of benzene rings is 1. The average Bonchev–Trinajstić information content (AvgIpc) is 2.73. The Morgan fingerprint density at radius 3 is 2.76 bits per heavy atom. The van der Waals surface area contributed by atoms with Gasteiger partial charge in [0.05, 0.1) is 18.1 Å². The summed E-state index contributed by atoms with van der Waals surface area (Å²) in [6.45, 7) is 3.21. The predicted octanol–water partition coefficient (Wildman–Crippen LogP) is 4.16. The van der Waals surface area contributed by atoms with Gasteiger partial charge in [0.15, 0.2) is 11.6 Å². The van der Waals surface area contributed by atoms with E-state index in [-0.39, 0.29) is 11.6 Å². The normalized spacial score (nSPS) is 17.0. The maximum absolute atomic E-state index is 13.9. The number of hydrogen-bond donors (Lipinski definition) is 0. The Morgan fingerprint density at radius 2 is 2.19 bits per heavy atom. The molecule has 3 rings (SSSR count). The molecule has 1 heterocycles. The van der Waals surface area contributed by atoms with E-state index in [2.05, 4.69) is 16.5 Å². The summed E-state index contributed by atoms with van der Waals surface area (Å²) < 4.78 is 21.2. The van der Waals surface area contributed by atoms with Crippen LogP contribution < -0.4 is 4.74 Å². The third-order valence-electron chi connectivity index (χ3n) is 4.52. The van der Waals surface area contributed by atoms with Crippen LogP contribution in [0.1, 0.15) is 32.0 Å². The highest BCUT2D eigenvalue weighted by atomic mass is 35.5. The molecule has 0 bridgehead atoms. The molecule has 1 aromatic carbocycles. The molecule has 3 nitrogen and oxygen atoms in total. The predicted molar refractivity (Wildman–Crippen MR) is 82.6 cm³/mol. The Morgan fingerprint density at radius 1 is 1.43 bits per heavy atom. The average molecular weight is 311 g/mol. The molecule has 1 aliphatic carbocycles. The summed E-state index contributed by atoms with van der Waals surface area (Å²) in [4.78, 5) is 4.56. The largest absolute Gasteiger partial charge is 0.494 e. The van der Waals surface area contributed by atoms with E-state index in [9.17, 15) is 4.39 Å². The molecule has 0 N–H and O–H groups in total. The van der Waals surface area contributed by atoms with E-state index in [1.807, 2.05) is 0 Å². The quantitative estimate of drug-likeness (QED) is 0.776. The first-order valence-electron chi connectivity index (χ1n) is 7.35. The number of alkyl halides is 1. The van der Waals surface area contributed by atoms with Crippen LogP contribution in [-0.4, -0.2) is 22.5 Å². The third kappa shape index (κ3) is 2.61. The number of aromatic nitrogens is 2. The third-order valence-corrected chi connectivity index (χ3v) is 4.71. The summed E-state index contributed by atoms with van der Waals surface area (Å²) in [6.07, 6.45) is 4.43. The maximum atomic E-state index is 13.9. The number of rotatable bonds is 5. The van der Waals surface area contributed by atoms with Crippen molar-refractivity contribution >= 4 is 22.6 Å². The summed E-state index contributed by atoms with van der Waals surface area (Å²) in [6, 6.07) is 3.20. The van der Waals surface area contributed by atoms with Crippen LogP contribution in [0.25, 0.3) is 11.0 Å². The van der Waals surface area contributed by atoms with Crippen molar-refractivity contribution in [1.29, 1.82) is 0 Å². The van der Waals surface area contributed by atoms with E-state index in [1.54, 1.807) is 6.07 Å². The molecular formula is C16H20ClFN2O. The monoisotopic (exact) mass is 310 g/mol. The van der Waals surface area contributed by atoms with Crippen molar-refractivity contribution in [3.63, 3.8) is 0 Å². The summed E-state index contributed by atoms with van der Waals surface area (Å²) in [5.41, 5.74) is 1.92. The summed E-state index contributed by atoms with van der Waals surface area (Å²) in [7, 11) is 1.48. The van der Waals surface area contributed by atoms with Gasteiger partial charge in [-0.3, -0.25) is 0 Å². The first kappa shape index (κ1) is 14.6. The molecule has 21 heavy (non-hydrogen) atoms. The zero-order valence-electron chi connectivity index (χ0n) is 12.5. The van der Waals surface area contributed by atoms with Crippen LogP contribution in [-0.2, 0) is 13.0 Å². The lowest BCUT2D eigenvalue weighted by Crippen LogP contribution is -2.31. The van der Waals surface area contributed by atoms with Crippen molar-refractivity contribution in [3.05, 3.63) is 23.8 Å². The van der Waals surface area contributed by atoms with Crippen LogP contribution >= 0.6 is 11.6 Å². The fourth-order valence-corrected chi connectivity index (χ4v) is 3.27. The van der Waals surface area contributed by atoms with Crippen molar-refractivity contribution in [1.82, 2.24) is 9.55 Å². The molecule has 2 aromatic rings. The van der Waals surface area contributed by atoms with E-state index < -0.39 is 0 Å². The molecule has 0 unspecified atom stereocenters. The molecular weight excluding hydrogens is 291 g/mol. The Bertz CT molecular complexity index is 664. The van der Waals surface area contributed by atoms with Crippen molar-refractivity contribution < 1.29 is 9.13 Å². The van der Waals surface area contributed by atoms with E-state index in [4.69, 9.17) is 16.3 Å². The minimum absolute atomic E-state index is 0.264. The van der Waals surface area contributed by atoms with E-state index in [1.165, 1.54) is 32.4 Å². The second-order valence-corrected chi connectivity index (χ2v) is 6.57. The van der Waals surface area contributed by atoms with Gasteiger partial charge in [-0.25, -0.2) is 9.37 Å². The SMILES string of the molecule is COc1cc2c(cc1F)nc(CCCl)n2CC1(C)CCC1. The summed E-state index contributed by atoms with van der Waals surface area (Å²) in [5.74, 6) is 1.34. The maximum Gasteiger partial charge on any atom is 0.167 e. The van der Waals surface area contributed by atoms with Crippen LogP contribution in [0.3, 0.4) is 0 Å². The number of imidazole rings is 1. The van der Waals surface area contributed by atoms with E-state index in [0.29, 0.717) is 23.2 Å². The Hall–Kier alpha value is -1.29. The second-order valence-electron chi connectivity index (χ2n) is 6.19. The molecule has 5 heteroatoms. The number of nitrogens with zero attached hydrogens (tertiary/aromatic N) is 2. The first-order chi connectivity index (χ1) is 10.1. The smallest absolute Gasteiger partial charge is 0.167 e. The zero-order chi connectivity index (χ0) is 15.0. The molecule has 1 aromatic heterocycles. The minimum Gasteiger partial charge on any atom is -0.494 e. The Labute approximate surface area is 129 Å². The van der Waals surface area contributed by atoms with E-state index in [0.717, 1.165) is 17.9 Å².